The highest BCUT2D eigenvalue weighted by Crippen LogP contribution is 2.30. The monoisotopic (exact) mass is 424 g/mol. The first kappa shape index (κ1) is 22.4. The molecule has 2 aromatic carbocycles. The molecular weight excluding hydrogens is 396 g/mol. The second-order valence-corrected chi connectivity index (χ2v) is 7.65. The van der Waals surface area contributed by atoms with Crippen LogP contribution in [-0.2, 0) is 22.5 Å². The molecule has 0 unspecified atom stereocenters. The fourth-order valence-electron chi connectivity index (χ4n) is 3.52. The van der Waals surface area contributed by atoms with Crippen molar-refractivity contribution in [2.75, 3.05) is 33.9 Å². The van der Waals surface area contributed by atoms with Crippen molar-refractivity contribution in [2.45, 2.75) is 24.9 Å². The van der Waals surface area contributed by atoms with Crippen LogP contribution in [0.1, 0.15) is 23.1 Å². The SMILES string of the molecule is CN(C)C(=O)[C@@]1(Cc2ccccc2CN=N)COC(c2ccc(OCCCO)cc2)=N1. The highest BCUT2D eigenvalue weighted by atomic mass is 16.5. The van der Waals surface area contributed by atoms with E-state index < -0.39 is 5.54 Å². The summed E-state index contributed by atoms with van der Waals surface area (Å²) in [6, 6.07) is 15.0. The van der Waals surface area contributed by atoms with Gasteiger partial charge in [-0.2, -0.15) is 5.11 Å². The highest BCUT2D eigenvalue weighted by Gasteiger charge is 2.45. The number of aliphatic hydroxyl groups excluding tert-OH is 1. The number of carbonyl (C=O) groups excluding carboxylic acids is 1. The minimum Gasteiger partial charge on any atom is -0.494 e. The number of hydrogen-bond acceptors (Lipinski definition) is 7. The summed E-state index contributed by atoms with van der Waals surface area (Å²) in [7, 11) is 3.42. The number of benzene rings is 2. The lowest BCUT2D eigenvalue weighted by Crippen LogP contribution is -2.48. The zero-order valence-electron chi connectivity index (χ0n) is 17.9. The number of amides is 1. The first-order valence-corrected chi connectivity index (χ1v) is 10.2. The van der Waals surface area contributed by atoms with Crippen LogP contribution in [0.25, 0.3) is 0 Å². The molecule has 0 spiro atoms. The molecule has 3 rings (SSSR count). The van der Waals surface area contributed by atoms with Crippen LogP contribution in [0.15, 0.2) is 58.6 Å². The van der Waals surface area contributed by atoms with Gasteiger partial charge in [-0.15, -0.1) is 0 Å². The molecule has 1 aliphatic heterocycles. The maximum absolute atomic E-state index is 13.2. The van der Waals surface area contributed by atoms with Gasteiger partial charge in [0, 0.05) is 39.1 Å². The Hall–Kier alpha value is -3.26. The van der Waals surface area contributed by atoms with Gasteiger partial charge >= 0.3 is 0 Å². The van der Waals surface area contributed by atoms with Crippen molar-refractivity contribution < 1.29 is 19.4 Å². The number of carbonyl (C=O) groups is 1. The summed E-state index contributed by atoms with van der Waals surface area (Å²) in [6.45, 7) is 0.930. The topological polar surface area (TPSA) is 108 Å². The molecule has 1 heterocycles. The largest absolute Gasteiger partial charge is 0.494 e. The van der Waals surface area contributed by atoms with Gasteiger partial charge in [0.2, 0.25) is 5.90 Å². The van der Waals surface area contributed by atoms with E-state index >= 15 is 0 Å². The average molecular weight is 425 g/mol. The molecule has 0 aromatic heterocycles. The lowest BCUT2D eigenvalue weighted by Gasteiger charge is -2.27. The number of rotatable bonds is 10. The molecule has 1 atom stereocenters. The third-order valence-electron chi connectivity index (χ3n) is 5.09. The summed E-state index contributed by atoms with van der Waals surface area (Å²) < 4.78 is 11.5. The van der Waals surface area contributed by atoms with E-state index in [1.54, 1.807) is 14.1 Å². The molecule has 2 N–H and O–H groups in total. The maximum atomic E-state index is 13.2. The fraction of sp³-hybridized carbons (Fsp3) is 0.391. The molecule has 0 saturated carbocycles. The first-order chi connectivity index (χ1) is 15.0. The Balaban J connectivity index is 1.88. The number of likely N-dealkylation sites (N-methyl/N-ethyl adjacent to an activating group) is 1. The molecule has 0 fully saturated rings. The van der Waals surface area contributed by atoms with E-state index in [2.05, 4.69) is 5.11 Å². The summed E-state index contributed by atoms with van der Waals surface area (Å²) in [5.41, 5.74) is 8.72. The zero-order valence-corrected chi connectivity index (χ0v) is 17.9. The lowest BCUT2D eigenvalue weighted by atomic mass is 9.88. The van der Waals surface area contributed by atoms with E-state index in [1.165, 1.54) is 4.90 Å². The number of hydrogen-bond donors (Lipinski definition) is 2. The highest BCUT2D eigenvalue weighted by molar-refractivity contribution is 6.00. The molecule has 31 heavy (non-hydrogen) atoms. The predicted molar refractivity (Wildman–Crippen MR) is 117 cm³/mol. The number of aliphatic imine (C=N–C) groups is 1. The van der Waals surface area contributed by atoms with Crippen LogP contribution in [0.3, 0.4) is 0 Å². The lowest BCUT2D eigenvalue weighted by molar-refractivity contribution is -0.134. The van der Waals surface area contributed by atoms with Crippen molar-refractivity contribution in [3.63, 3.8) is 0 Å². The molecule has 164 valence electrons. The summed E-state index contributed by atoms with van der Waals surface area (Å²) >= 11 is 0. The van der Waals surface area contributed by atoms with Gasteiger partial charge in [0.1, 0.15) is 12.4 Å². The molecule has 1 aliphatic rings. The number of nitrogens with one attached hydrogen (secondary N) is 1. The number of ether oxygens (including phenoxy) is 2. The van der Waals surface area contributed by atoms with E-state index in [-0.39, 0.29) is 25.7 Å². The molecule has 1 amide bonds. The van der Waals surface area contributed by atoms with Gasteiger partial charge in [-0.3, -0.25) is 4.79 Å². The second-order valence-electron chi connectivity index (χ2n) is 7.65. The van der Waals surface area contributed by atoms with Gasteiger partial charge in [0.05, 0.1) is 13.2 Å². The average Bonchev–Trinajstić information content (AvgIpc) is 3.20. The fourth-order valence-corrected chi connectivity index (χ4v) is 3.52. The molecule has 0 bridgehead atoms. The van der Waals surface area contributed by atoms with E-state index in [1.807, 2.05) is 48.5 Å². The molecule has 0 radical (unpaired) electrons. The van der Waals surface area contributed by atoms with Crippen LogP contribution >= 0.6 is 0 Å². The number of nitrogens with zero attached hydrogens (tertiary/aromatic N) is 3. The third-order valence-corrected chi connectivity index (χ3v) is 5.09. The van der Waals surface area contributed by atoms with Gasteiger partial charge in [0.15, 0.2) is 5.54 Å². The van der Waals surface area contributed by atoms with Crippen LogP contribution in [0.4, 0.5) is 0 Å². The summed E-state index contributed by atoms with van der Waals surface area (Å²) in [6.07, 6.45) is 0.934. The Labute approximate surface area is 182 Å². The van der Waals surface area contributed by atoms with Gasteiger partial charge < -0.3 is 19.5 Å². The molecule has 0 saturated heterocycles. The van der Waals surface area contributed by atoms with Crippen molar-refractivity contribution in [3.8, 4) is 5.75 Å². The second kappa shape index (κ2) is 10.2. The van der Waals surface area contributed by atoms with Crippen molar-refractivity contribution in [2.24, 2.45) is 10.1 Å². The number of aliphatic hydroxyl groups is 1. The third kappa shape index (κ3) is 5.27. The minimum absolute atomic E-state index is 0.0870. The predicted octanol–water partition coefficient (Wildman–Crippen LogP) is 2.83. The van der Waals surface area contributed by atoms with Crippen LogP contribution in [-0.4, -0.2) is 61.3 Å². The Morgan fingerprint density at radius 3 is 2.58 bits per heavy atom. The van der Waals surface area contributed by atoms with Crippen molar-refractivity contribution in [3.05, 3.63) is 65.2 Å². The van der Waals surface area contributed by atoms with Gasteiger partial charge in [-0.25, -0.2) is 10.5 Å². The Morgan fingerprint density at radius 2 is 1.94 bits per heavy atom. The summed E-state index contributed by atoms with van der Waals surface area (Å²) in [5, 5.41) is 12.4. The minimum atomic E-state index is -1.08. The van der Waals surface area contributed by atoms with Crippen molar-refractivity contribution >= 4 is 11.8 Å². The van der Waals surface area contributed by atoms with Gasteiger partial charge in [-0.05, 0) is 35.4 Å². The van der Waals surface area contributed by atoms with E-state index in [0.717, 1.165) is 16.7 Å². The molecule has 8 heteroatoms. The van der Waals surface area contributed by atoms with Crippen LogP contribution < -0.4 is 4.74 Å². The van der Waals surface area contributed by atoms with Crippen LogP contribution in [0, 0.1) is 5.53 Å². The van der Waals surface area contributed by atoms with Gasteiger partial charge in [0.25, 0.3) is 5.91 Å². The zero-order chi connectivity index (χ0) is 22.3. The Bertz CT molecular complexity index is 943. The van der Waals surface area contributed by atoms with Crippen molar-refractivity contribution in [1.82, 2.24) is 4.90 Å². The van der Waals surface area contributed by atoms with Crippen molar-refractivity contribution in [1.29, 1.82) is 5.53 Å². The molecule has 2 aromatic rings. The van der Waals surface area contributed by atoms with Crippen LogP contribution in [0.2, 0.25) is 0 Å². The van der Waals surface area contributed by atoms with Gasteiger partial charge in [-0.1, -0.05) is 24.3 Å². The van der Waals surface area contributed by atoms with E-state index in [9.17, 15) is 4.79 Å². The molecule has 8 nitrogen and oxygen atoms in total. The molecular formula is C23H28N4O4. The maximum Gasteiger partial charge on any atom is 0.254 e. The standard InChI is InChI=1S/C23H28N4O4/c1-27(2)22(29)23(14-18-6-3-4-7-19(18)15-25-24)16-31-21(26-23)17-8-10-20(11-9-17)30-13-5-12-28/h3-4,6-11,24,28H,5,12-16H2,1-2H3/t23-/m1/s1. The van der Waals surface area contributed by atoms with E-state index in [4.69, 9.17) is 25.1 Å². The first-order valence-electron chi connectivity index (χ1n) is 10.2. The summed E-state index contributed by atoms with van der Waals surface area (Å²) in [4.78, 5) is 19.5. The quantitative estimate of drug-likeness (QED) is 0.452. The van der Waals surface area contributed by atoms with E-state index in [0.29, 0.717) is 31.1 Å². The summed E-state index contributed by atoms with van der Waals surface area (Å²) in [5.74, 6) is 0.975. The Kier molecular flexibility index (Phi) is 7.36. The smallest absolute Gasteiger partial charge is 0.254 e. The Morgan fingerprint density at radius 1 is 1.23 bits per heavy atom. The van der Waals surface area contributed by atoms with Crippen LogP contribution in [0.5, 0.6) is 5.75 Å². The molecule has 0 aliphatic carbocycles. The normalized spacial score (nSPS) is 17.6.